The third-order valence-corrected chi connectivity index (χ3v) is 3.03. The van der Waals surface area contributed by atoms with Crippen LogP contribution < -0.4 is 10.6 Å². The summed E-state index contributed by atoms with van der Waals surface area (Å²) >= 11 is 0. The Balaban J connectivity index is 1.89. The lowest BCUT2D eigenvalue weighted by molar-refractivity contribution is -0.123. The lowest BCUT2D eigenvalue weighted by Crippen LogP contribution is -2.49. The smallest absolute Gasteiger partial charge is 0.171 e. The molecule has 0 aromatic carbocycles. The summed E-state index contributed by atoms with van der Waals surface area (Å²) in [5.74, 6) is 0.356. The SMILES string of the molecule is O=C(C1CCC=CN1)C1CCCCN1. The van der Waals surface area contributed by atoms with Crippen LogP contribution in [0, 0.1) is 0 Å². The Bertz CT molecular complexity index is 231. The van der Waals surface area contributed by atoms with Crippen LogP contribution in [-0.4, -0.2) is 24.4 Å². The number of piperidine rings is 1. The van der Waals surface area contributed by atoms with E-state index in [-0.39, 0.29) is 12.1 Å². The van der Waals surface area contributed by atoms with Crippen molar-refractivity contribution in [3.8, 4) is 0 Å². The standard InChI is InChI=1S/C11H18N2O/c14-11(9-5-1-3-7-12-9)10-6-2-4-8-13-10/h3,7,9-10,12-13H,1-2,4-6,8H2. The Hall–Kier alpha value is -0.830. The molecule has 1 fully saturated rings. The van der Waals surface area contributed by atoms with Gasteiger partial charge in [-0.15, -0.1) is 0 Å². The molecule has 0 saturated carbocycles. The van der Waals surface area contributed by atoms with Gasteiger partial charge in [0.25, 0.3) is 0 Å². The van der Waals surface area contributed by atoms with Gasteiger partial charge in [-0.3, -0.25) is 4.79 Å². The van der Waals surface area contributed by atoms with Crippen LogP contribution in [0.3, 0.4) is 0 Å². The molecule has 2 unspecified atom stereocenters. The minimum Gasteiger partial charge on any atom is -0.381 e. The van der Waals surface area contributed by atoms with Crippen molar-refractivity contribution < 1.29 is 4.79 Å². The summed E-state index contributed by atoms with van der Waals surface area (Å²) in [6.07, 6.45) is 9.38. The highest BCUT2D eigenvalue weighted by Crippen LogP contribution is 2.13. The van der Waals surface area contributed by atoms with Gasteiger partial charge >= 0.3 is 0 Å². The van der Waals surface area contributed by atoms with E-state index in [0.717, 1.165) is 25.8 Å². The molecule has 14 heavy (non-hydrogen) atoms. The Labute approximate surface area is 84.9 Å². The average Bonchev–Trinajstić information content (AvgIpc) is 2.30. The first-order valence-electron chi connectivity index (χ1n) is 5.56. The van der Waals surface area contributed by atoms with Crippen LogP contribution in [0.15, 0.2) is 12.3 Å². The van der Waals surface area contributed by atoms with E-state index in [1.54, 1.807) is 0 Å². The molecule has 1 saturated heterocycles. The largest absolute Gasteiger partial charge is 0.381 e. The molecule has 0 aliphatic carbocycles. The third-order valence-electron chi connectivity index (χ3n) is 3.03. The molecule has 3 heteroatoms. The van der Waals surface area contributed by atoms with Crippen molar-refractivity contribution in [3.05, 3.63) is 12.3 Å². The highest BCUT2D eigenvalue weighted by atomic mass is 16.1. The van der Waals surface area contributed by atoms with E-state index in [1.807, 2.05) is 6.20 Å². The molecule has 0 amide bonds. The third kappa shape index (κ3) is 2.15. The van der Waals surface area contributed by atoms with Gasteiger partial charge < -0.3 is 10.6 Å². The van der Waals surface area contributed by atoms with Crippen LogP contribution >= 0.6 is 0 Å². The fourth-order valence-electron chi connectivity index (χ4n) is 2.18. The first-order chi connectivity index (χ1) is 6.88. The van der Waals surface area contributed by atoms with E-state index in [1.165, 1.54) is 12.8 Å². The van der Waals surface area contributed by atoms with E-state index < -0.39 is 0 Å². The summed E-state index contributed by atoms with van der Waals surface area (Å²) in [7, 11) is 0. The number of hydrogen-bond acceptors (Lipinski definition) is 3. The lowest BCUT2D eigenvalue weighted by Gasteiger charge is -2.27. The minimum absolute atomic E-state index is 0.0515. The van der Waals surface area contributed by atoms with Gasteiger partial charge in [0, 0.05) is 0 Å². The molecule has 78 valence electrons. The van der Waals surface area contributed by atoms with Crippen LogP contribution in [0.1, 0.15) is 32.1 Å². The number of hydrogen-bond donors (Lipinski definition) is 2. The summed E-state index contributed by atoms with van der Waals surface area (Å²) < 4.78 is 0. The maximum Gasteiger partial charge on any atom is 0.171 e. The Kier molecular flexibility index (Phi) is 3.19. The summed E-state index contributed by atoms with van der Waals surface area (Å²) in [5.41, 5.74) is 0. The van der Waals surface area contributed by atoms with E-state index in [4.69, 9.17) is 0 Å². The number of carbonyl (C=O) groups is 1. The molecule has 0 aromatic rings. The van der Waals surface area contributed by atoms with Gasteiger partial charge in [0.15, 0.2) is 5.78 Å². The fraction of sp³-hybridized carbons (Fsp3) is 0.727. The highest BCUT2D eigenvalue weighted by molar-refractivity contribution is 5.89. The molecule has 0 spiro atoms. The Morgan fingerprint density at radius 3 is 2.79 bits per heavy atom. The molecular weight excluding hydrogens is 176 g/mol. The number of nitrogens with one attached hydrogen (secondary N) is 2. The van der Waals surface area contributed by atoms with E-state index in [0.29, 0.717) is 5.78 Å². The highest BCUT2D eigenvalue weighted by Gasteiger charge is 2.27. The zero-order valence-corrected chi connectivity index (χ0v) is 8.46. The maximum atomic E-state index is 12.0. The van der Waals surface area contributed by atoms with Crippen molar-refractivity contribution >= 4 is 5.78 Å². The first-order valence-corrected chi connectivity index (χ1v) is 5.56. The predicted molar refractivity (Wildman–Crippen MR) is 55.9 cm³/mol. The monoisotopic (exact) mass is 194 g/mol. The van der Waals surface area contributed by atoms with Crippen molar-refractivity contribution in [1.82, 2.24) is 10.6 Å². The molecule has 2 N–H and O–H groups in total. The number of Topliss-reactive ketones (excluding diaryl/α,β-unsaturated/α-hetero) is 1. The second-order valence-electron chi connectivity index (χ2n) is 4.10. The van der Waals surface area contributed by atoms with Crippen molar-refractivity contribution in [2.75, 3.05) is 6.54 Å². The van der Waals surface area contributed by atoms with E-state index in [9.17, 15) is 4.79 Å². The summed E-state index contributed by atoms with van der Waals surface area (Å²) in [4.78, 5) is 12.0. The fourth-order valence-corrected chi connectivity index (χ4v) is 2.18. The summed E-state index contributed by atoms with van der Waals surface area (Å²) in [6.45, 7) is 0.999. The van der Waals surface area contributed by atoms with Crippen LogP contribution in [0.5, 0.6) is 0 Å². The number of carbonyl (C=O) groups excluding carboxylic acids is 1. The average molecular weight is 194 g/mol. The zero-order valence-electron chi connectivity index (χ0n) is 8.46. The molecule has 2 atom stereocenters. The Morgan fingerprint density at radius 2 is 2.14 bits per heavy atom. The van der Waals surface area contributed by atoms with Crippen molar-refractivity contribution in [2.45, 2.75) is 44.2 Å². The quantitative estimate of drug-likeness (QED) is 0.688. The summed E-state index contributed by atoms with van der Waals surface area (Å²) in [6, 6.07) is 0.156. The second-order valence-corrected chi connectivity index (χ2v) is 4.10. The summed E-state index contributed by atoms with van der Waals surface area (Å²) in [5, 5.41) is 6.45. The van der Waals surface area contributed by atoms with Gasteiger partial charge in [0.1, 0.15) is 0 Å². The molecule has 2 rings (SSSR count). The Morgan fingerprint density at radius 1 is 1.21 bits per heavy atom. The minimum atomic E-state index is 0.0515. The van der Waals surface area contributed by atoms with Gasteiger partial charge in [0.2, 0.25) is 0 Å². The van der Waals surface area contributed by atoms with Gasteiger partial charge in [-0.2, -0.15) is 0 Å². The van der Waals surface area contributed by atoms with Crippen LogP contribution in [0.2, 0.25) is 0 Å². The number of ketones is 1. The zero-order chi connectivity index (χ0) is 9.80. The molecular formula is C11H18N2O. The van der Waals surface area contributed by atoms with Crippen LogP contribution in [-0.2, 0) is 4.79 Å². The first kappa shape index (κ1) is 9.71. The predicted octanol–water partition coefficient (Wildman–Crippen LogP) is 0.963. The number of allylic oxidation sites excluding steroid dienone is 1. The topological polar surface area (TPSA) is 41.1 Å². The number of rotatable bonds is 2. The van der Waals surface area contributed by atoms with Crippen LogP contribution in [0.25, 0.3) is 0 Å². The van der Waals surface area contributed by atoms with Gasteiger partial charge in [-0.1, -0.05) is 12.5 Å². The van der Waals surface area contributed by atoms with Crippen molar-refractivity contribution in [3.63, 3.8) is 0 Å². The molecule has 2 heterocycles. The second kappa shape index (κ2) is 4.60. The molecule has 0 radical (unpaired) electrons. The van der Waals surface area contributed by atoms with Crippen LogP contribution in [0.4, 0.5) is 0 Å². The molecule has 2 aliphatic heterocycles. The lowest BCUT2D eigenvalue weighted by atomic mass is 9.93. The van der Waals surface area contributed by atoms with E-state index in [2.05, 4.69) is 16.7 Å². The van der Waals surface area contributed by atoms with Crippen molar-refractivity contribution in [2.24, 2.45) is 0 Å². The van der Waals surface area contributed by atoms with E-state index >= 15 is 0 Å². The maximum absolute atomic E-state index is 12.0. The molecule has 0 aromatic heterocycles. The van der Waals surface area contributed by atoms with Gasteiger partial charge in [-0.05, 0) is 38.4 Å². The molecule has 3 nitrogen and oxygen atoms in total. The van der Waals surface area contributed by atoms with Gasteiger partial charge in [0.05, 0.1) is 12.1 Å². The van der Waals surface area contributed by atoms with Crippen molar-refractivity contribution in [1.29, 1.82) is 0 Å². The molecule has 0 bridgehead atoms. The molecule has 2 aliphatic rings. The van der Waals surface area contributed by atoms with Gasteiger partial charge in [-0.25, -0.2) is 0 Å². The normalized spacial score (nSPS) is 32.3.